The number of rotatable bonds is 9. The molecule has 1 amide bonds. The summed E-state index contributed by atoms with van der Waals surface area (Å²) in [5.41, 5.74) is 5.76. The molecule has 1 aliphatic carbocycles. The number of nitrogens with one attached hydrogen (secondary N) is 1. The van der Waals surface area contributed by atoms with E-state index in [1.807, 2.05) is 36.4 Å². The van der Waals surface area contributed by atoms with Crippen LogP contribution < -0.4 is 5.32 Å². The molecule has 1 unspecified atom stereocenters. The van der Waals surface area contributed by atoms with Crippen molar-refractivity contribution in [1.82, 2.24) is 19.7 Å². The largest absolute Gasteiger partial charge is 0.316 e. The maximum Gasteiger partial charge on any atom is 0.235 e. The highest BCUT2D eigenvalue weighted by Gasteiger charge is 2.34. The maximum absolute atomic E-state index is 13.2. The molecule has 0 spiro atoms. The zero-order chi connectivity index (χ0) is 30.8. The molecule has 7 nitrogen and oxygen atoms in total. The highest BCUT2D eigenvalue weighted by atomic mass is 32.2. The molecule has 1 atom stereocenters. The SMILES string of the molecule is CCn1c(SCC(=O)Nc2sc3c(c2C#N)CCC(C(C)(C)CC)C3)nnc1-c1cc(-c2ccccc2)nc2ccccc12. The Hall–Kier alpha value is -4.00. The fraction of sp³-hybridized carbons (Fsp3) is 0.343. The van der Waals surface area contributed by atoms with E-state index >= 15 is 0 Å². The highest BCUT2D eigenvalue weighted by molar-refractivity contribution is 7.99. The van der Waals surface area contributed by atoms with E-state index in [9.17, 15) is 10.1 Å². The standard InChI is InChI=1S/C35H36N6OS2/c1-5-35(3,4)23-16-17-25-27(20-36)33(44-30(25)18-23)38-31(42)21-43-34-40-39-32(41(34)6-2)26-19-29(22-12-8-7-9-13-22)37-28-15-11-10-14-24(26)28/h7-15,19,23H,5-6,16-18,21H2,1-4H3,(H,38,42). The first-order chi connectivity index (χ1) is 21.3. The van der Waals surface area contributed by atoms with Gasteiger partial charge < -0.3 is 9.88 Å². The van der Waals surface area contributed by atoms with E-state index in [-0.39, 0.29) is 17.1 Å². The molecule has 9 heteroatoms. The van der Waals surface area contributed by atoms with Crippen molar-refractivity contribution in [1.29, 1.82) is 5.26 Å². The quantitative estimate of drug-likeness (QED) is 0.166. The summed E-state index contributed by atoms with van der Waals surface area (Å²) in [5, 5.41) is 24.5. The van der Waals surface area contributed by atoms with Gasteiger partial charge in [0.1, 0.15) is 11.1 Å². The van der Waals surface area contributed by atoms with Crippen LogP contribution >= 0.6 is 23.1 Å². The Morgan fingerprint density at radius 1 is 1.14 bits per heavy atom. The number of fused-ring (bicyclic) bond motifs is 2. The summed E-state index contributed by atoms with van der Waals surface area (Å²) in [5.74, 6) is 1.35. The smallest absolute Gasteiger partial charge is 0.235 e. The molecule has 0 aliphatic heterocycles. The fourth-order valence-electron chi connectivity index (χ4n) is 6.04. The maximum atomic E-state index is 13.2. The first kappa shape index (κ1) is 30.0. The van der Waals surface area contributed by atoms with Gasteiger partial charge in [0.15, 0.2) is 11.0 Å². The molecule has 0 saturated carbocycles. The molecule has 0 fully saturated rings. The van der Waals surface area contributed by atoms with Crippen molar-refractivity contribution in [3.05, 3.63) is 76.7 Å². The number of thiophene rings is 1. The van der Waals surface area contributed by atoms with Gasteiger partial charge in [-0.1, -0.05) is 87.5 Å². The number of amides is 1. The van der Waals surface area contributed by atoms with Gasteiger partial charge in [0, 0.05) is 27.9 Å². The normalized spacial score (nSPS) is 14.8. The van der Waals surface area contributed by atoms with Gasteiger partial charge in [0.2, 0.25) is 5.91 Å². The van der Waals surface area contributed by atoms with Crippen molar-refractivity contribution < 1.29 is 4.79 Å². The van der Waals surface area contributed by atoms with Crippen LogP contribution in [0.1, 0.15) is 56.5 Å². The average molecular weight is 621 g/mol. The van der Waals surface area contributed by atoms with Gasteiger partial charge in [-0.25, -0.2) is 4.98 Å². The number of para-hydroxylation sites is 1. The summed E-state index contributed by atoms with van der Waals surface area (Å²) in [7, 11) is 0. The van der Waals surface area contributed by atoms with E-state index in [1.54, 1.807) is 11.3 Å². The van der Waals surface area contributed by atoms with Gasteiger partial charge in [-0.3, -0.25) is 4.79 Å². The third-order valence-electron chi connectivity index (χ3n) is 9.04. The van der Waals surface area contributed by atoms with Crippen LogP contribution in [0, 0.1) is 22.7 Å². The molecule has 2 aromatic carbocycles. The molecule has 6 rings (SSSR count). The lowest BCUT2D eigenvalue weighted by atomic mass is 9.69. The Labute approximate surface area is 266 Å². The molecule has 0 saturated heterocycles. The second-order valence-corrected chi connectivity index (χ2v) is 14.0. The van der Waals surface area contributed by atoms with Crippen LogP contribution in [0.25, 0.3) is 33.5 Å². The number of carbonyl (C=O) groups is 1. The van der Waals surface area contributed by atoms with Crippen molar-refractivity contribution in [2.75, 3.05) is 11.1 Å². The van der Waals surface area contributed by atoms with Gasteiger partial charge in [-0.05, 0) is 55.2 Å². The number of anilines is 1. The van der Waals surface area contributed by atoms with Gasteiger partial charge in [0.25, 0.3) is 0 Å². The summed E-state index contributed by atoms with van der Waals surface area (Å²) in [6.45, 7) is 9.62. The van der Waals surface area contributed by atoms with E-state index < -0.39 is 0 Å². The molecule has 5 aromatic rings. The van der Waals surface area contributed by atoms with Crippen molar-refractivity contribution in [2.45, 2.75) is 65.1 Å². The van der Waals surface area contributed by atoms with Crippen LogP contribution in [0.4, 0.5) is 5.00 Å². The van der Waals surface area contributed by atoms with E-state index in [0.717, 1.165) is 64.8 Å². The Bertz CT molecular complexity index is 1870. The number of hydrogen-bond acceptors (Lipinski definition) is 7. The van der Waals surface area contributed by atoms with Crippen molar-refractivity contribution >= 4 is 44.9 Å². The third-order valence-corrected chi connectivity index (χ3v) is 11.2. The topological polar surface area (TPSA) is 96.5 Å². The minimum Gasteiger partial charge on any atom is -0.316 e. The lowest BCUT2D eigenvalue weighted by Crippen LogP contribution is -2.28. The fourth-order valence-corrected chi connectivity index (χ4v) is 8.13. The van der Waals surface area contributed by atoms with Crippen LogP contribution in [0.3, 0.4) is 0 Å². The highest BCUT2D eigenvalue weighted by Crippen LogP contribution is 2.45. The van der Waals surface area contributed by atoms with Crippen LogP contribution in [0.5, 0.6) is 0 Å². The predicted molar refractivity (Wildman–Crippen MR) is 180 cm³/mol. The van der Waals surface area contributed by atoms with Gasteiger partial charge in [-0.2, -0.15) is 5.26 Å². The predicted octanol–water partition coefficient (Wildman–Crippen LogP) is 8.39. The number of hydrogen-bond donors (Lipinski definition) is 1. The van der Waals surface area contributed by atoms with E-state index in [2.05, 4.69) is 78.1 Å². The van der Waals surface area contributed by atoms with Gasteiger partial charge in [-0.15, -0.1) is 21.5 Å². The summed E-state index contributed by atoms with van der Waals surface area (Å²) < 4.78 is 2.05. The minimum absolute atomic E-state index is 0.150. The Balaban J connectivity index is 1.22. The van der Waals surface area contributed by atoms with Crippen LogP contribution in [-0.4, -0.2) is 31.4 Å². The molecule has 0 bridgehead atoms. The first-order valence-electron chi connectivity index (χ1n) is 15.2. The second kappa shape index (κ2) is 12.5. The van der Waals surface area contributed by atoms with Crippen LogP contribution in [0.15, 0.2) is 65.8 Å². The molecular formula is C35H36N6OS2. The van der Waals surface area contributed by atoms with Crippen molar-refractivity contribution in [3.63, 3.8) is 0 Å². The Kier molecular flexibility index (Phi) is 8.57. The van der Waals surface area contributed by atoms with Gasteiger partial charge >= 0.3 is 0 Å². The monoisotopic (exact) mass is 620 g/mol. The number of carbonyl (C=O) groups excluding carboxylic acids is 1. The zero-order valence-corrected chi connectivity index (χ0v) is 27.2. The molecular weight excluding hydrogens is 585 g/mol. The lowest BCUT2D eigenvalue weighted by Gasteiger charge is -2.36. The Morgan fingerprint density at radius 3 is 2.66 bits per heavy atom. The summed E-state index contributed by atoms with van der Waals surface area (Å²) in [6.07, 6.45) is 4.07. The molecule has 0 radical (unpaired) electrons. The number of thioether (sulfide) groups is 1. The van der Waals surface area contributed by atoms with Crippen LogP contribution in [-0.2, 0) is 24.2 Å². The van der Waals surface area contributed by atoms with E-state index in [1.165, 1.54) is 16.6 Å². The third kappa shape index (κ3) is 5.76. The molecule has 3 aromatic heterocycles. The summed E-state index contributed by atoms with van der Waals surface area (Å²) in [6, 6.07) is 22.6. The molecule has 224 valence electrons. The number of pyridine rings is 1. The molecule has 44 heavy (non-hydrogen) atoms. The number of aromatic nitrogens is 4. The molecule has 1 aliphatic rings. The van der Waals surface area contributed by atoms with E-state index in [4.69, 9.17) is 4.98 Å². The number of nitriles is 1. The van der Waals surface area contributed by atoms with Crippen molar-refractivity contribution in [2.24, 2.45) is 11.3 Å². The Morgan fingerprint density at radius 2 is 1.91 bits per heavy atom. The summed E-state index contributed by atoms with van der Waals surface area (Å²) >= 11 is 2.93. The molecule has 3 heterocycles. The minimum atomic E-state index is -0.150. The van der Waals surface area contributed by atoms with E-state index in [0.29, 0.717) is 28.2 Å². The lowest BCUT2D eigenvalue weighted by molar-refractivity contribution is -0.113. The molecule has 1 N–H and O–H groups in total. The number of benzene rings is 2. The van der Waals surface area contributed by atoms with Crippen molar-refractivity contribution in [3.8, 4) is 28.7 Å². The first-order valence-corrected chi connectivity index (χ1v) is 17.0. The van der Waals surface area contributed by atoms with Crippen LogP contribution in [0.2, 0.25) is 0 Å². The summed E-state index contributed by atoms with van der Waals surface area (Å²) in [4.78, 5) is 19.4. The van der Waals surface area contributed by atoms with Gasteiger partial charge in [0.05, 0.1) is 22.5 Å². The zero-order valence-electron chi connectivity index (χ0n) is 25.6. The number of nitrogens with zero attached hydrogens (tertiary/aromatic N) is 5. The second-order valence-electron chi connectivity index (χ2n) is 11.9. The average Bonchev–Trinajstić information content (AvgIpc) is 3.63.